The first kappa shape index (κ1) is 15.2. The smallest absolute Gasteiger partial charge is 0.315 e. The van der Waals surface area contributed by atoms with E-state index in [-0.39, 0.29) is 6.10 Å². The number of anilines is 1. The minimum absolute atomic E-state index is 0.147. The molecule has 0 bridgehead atoms. The Morgan fingerprint density at radius 3 is 3.10 bits per heavy atom. The standard InChI is InChI=1S/C13H21N3O3S/c1-13(2,11(17)18)10-8-20-12(15-10)14-6-9-7-16(3)4-5-19-9/h8-9H,4-7H2,1-3H3,(H,14,15)(H,17,18). The molecule has 0 aliphatic carbocycles. The summed E-state index contributed by atoms with van der Waals surface area (Å²) < 4.78 is 5.66. The SMILES string of the molecule is CN1CCOC(CNc2nc(C(C)(C)C(=O)O)cs2)C1. The van der Waals surface area contributed by atoms with Crippen molar-refractivity contribution in [3.05, 3.63) is 11.1 Å². The van der Waals surface area contributed by atoms with Crippen molar-refractivity contribution >= 4 is 22.4 Å². The van der Waals surface area contributed by atoms with Crippen molar-refractivity contribution in [3.8, 4) is 0 Å². The summed E-state index contributed by atoms with van der Waals surface area (Å²) in [4.78, 5) is 17.8. The Morgan fingerprint density at radius 2 is 2.45 bits per heavy atom. The Morgan fingerprint density at radius 1 is 1.70 bits per heavy atom. The topological polar surface area (TPSA) is 74.7 Å². The van der Waals surface area contributed by atoms with Gasteiger partial charge in [-0.1, -0.05) is 0 Å². The zero-order chi connectivity index (χ0) is 14.8. The number of likely N-dealkylation sites (N-methyl/N-ethyl adjacent to an activating group) is 1. The molecule has 7 heteroatoms. The van der Waals surface area contributed by atoms with E-state index in [0.29, 0.717) is 12.2 Å². The Bertz CT molecular complexity index is 475. The van der Waals surface area contributed by atoms with E-state index < -0.39 is 11.4 Å². The van der Waals surface area contributed by atoms with Gasteiger partial charge in [0.2, 0.25) is 0 Å². The molecule has 0 saturated carbocycles. The number of hydrogen-bond acceptors (Lipinski definition) is 6. The van der Waals surface area contributed by atoms with Gasteiger partial charge in [-0.05, 0) is 20.9 Å². The van der Waals surface area contributed by atoms with E-state index in [0.717, 1.165) is 24.8 Å². The monoisotopic (exact) mass is 299 g/mol. The molecule has 0 aromatic carbocycles. The summed E-state index contributed by atoms with van der Waals surface area (Å²) in [5.74, 6) is -0.869. The summed E-state index contributed by atoms with van der Waals surface area (Å²) in [5.41, 5.74) is -0.378. The number of morpholine rings is 1. The van der Waals surface area contributed by atoms with Crippen LogP contribution in [0.4, 0.5) is 5.13 Å². The van der Waals surface area contributed by atoms with Crippen LogP contribution in [0, 0.1) is 0 Å². The number of carbonyl (C=O) groups is 1. The Hall–Kier alpha value is -1.18. The van der Waals surface area contributed by atoms with Crippen LogP contribution >= 0.6 is 11.3 Å². The van der Waals surface area contributed by atoms with Crippen LogP contribution in [-0.2, 0) is 14.9 Å². The molecule has 1 aromatic heterocycles. The highest BCUT2D eigenvalue weighted by Gasteiger charge is 2.32. The van der Waals surface area contributed by atoms with Crippen LogP contribution in [0.1, 0.15) is 19.5 Å². The lowest BCUT2D eigenvalue weighted by Gasteiger charge is -2.30. The molecule has 112 valence electrons. The maximum Gasteiger partial charge on any atom is 0.315 e. The van der Waals surface area contributed by atoms with Gasteiger partial charge in [-0.3, -0.25) is 4.79 Å². The number of carboxylic acid groups (broad SMARTS) is 1. The maximum absolute atomic E-state index is 11.2. The molecule has 20 heavy (non-hydrogen) atoms. The maximum atomic E-state index is 11.2. The van der Waals surface area contributed by atoms with Gasteiger partial charge < -0.3 is 20.1 Å². The van der Waals surface area contributed by atoms with E-state index in [1.54, 1.807) is 19.2 Å². The quantitative estimate of drug-likeness (QED) is 0.852. The second-order valence-electron chi connectivity index (χ2n) is 5.60. The summed E-state index contributed by atoms with van der Waals surface area (Å²) in [6.07, 6.45) is 0.147. The summed E-state index contributed by atoms with van der Waals surface area (Å²) in [6.45, 7) is 6.61. The first-order valence-electron chi connectivity index (χ1n) is 6.63. The van der Waals surface area contributed by atoms with Gasteiger partial charge >= 0.3 is 5.97 Å². The lowest BCUT2D eigenvalue weighted by atomic mass is 9.90. The minimum atomic E-state index is -0.960. The minimum Gasteiger partial charge on any atom is -0.481 e. The van der Waals surface area contributed by atoms with Crippen LogP contribution in [0.3, 0.4) is 0 Å². The number of thiazole rings is 1. The lowest BCUT2D eigenvalue weighted by Crippen LogP contribution is -2.43. The summed E-state index contributed by atoms with van der Waals surface area (Å²) >= 11 is 1.43. The molecule has 1 unspecified atom stereocenters. The van der Waals surface area contributed by atoms with E-state index in [2.05, 4.69) is 22.2 Å². The first-order valence-corrected chi connectivity index (χ1v) is 7.51. The van der Waals surface area contributed by atoms with Crippen molar-refractivity contribution in [2.45, 2.75) is 25.4 Å². The van der Waals surface area contributed by atoms with Gasteiger partial charge in [0.15, 0.2) is 5.13 Å². The van der Waals surface area contributed by atoms with Crippen LogP contribution in [0.2, 0.25) is 0 Å². The summed E-state index contributed by atoms with van der Waals surface area (Å²) in [7, 11) is 2.08. The van der Waals surface area contributed by atoms with Gasteiger partial charge in [0.1, 0.15) is 5.41 Å². The van der Waals surface area contributed by atoms with Gasteiger partial charge in [-0.25, -0.2) is 4.98 Å². The molecular formula is C13H21N3O3S. The number of nitrogens with zero attached hydrogens (tertiary/aromatic N) is 2. The zero-order valence-corrected chi connectivity index (χ0v) is 12.9. The molecule has 1 fully saturated rings. The molecule has 1 atom stereocenters. The van der Waals surface area contributed by atoms with Crippen LogP contribution in [0.25, 0.3) is 0 Å². The summed E-state index contributed by atoms with van der Waals surface area (Å²) in [5, 5.41) is 15.0. The molecule has 0 radical (unpaired) electrons. The van der Waals surface area contributed by atoms with Crippen molar-refractivity contribution in [1.82, 2.24) is 9.88 Å². The highest BCUT2D eigenvalue weighted by molar-refractivity contribution is 7.13. The Balaban J connectivity index is 1.91. The van der Waals surface area contributed by atoms with E-state index in [1.165, 1.54) is 11.3 Å². The van der Waals surface area contributed by atoms with Gasteiger partial charge in [0.05, 0.1) is 18.4 Å². The summed E-state index contributed by atoms with van der Waals surface area (Å²) in [6, 6.07) is 0. The predicted molar refractivity (Wildman–Crippen MR) is 78.5 cm³/mol. The van der Waals surface area contributed by atoms with Crippen LogP contribution in [0.5, 0.6) is 0 Å². The fraction of sp³-hybridized carbons (Fsp3) is 0.692. The van der Waals surface area contributed by atoms with Crippen LogP contribution < -0.4 is 5.32 Å². The highest BCUT2D eigenvalue weighted by Crippen LogP contribution is 2.27. The van der Waals surface area contributed by atoms with Gasteiger partial charge in [-0.15, -0.1) is 11.3 Å². The molecule has 2 N–H and O–H groups in total. The molecule has 0 spiro atoms. The fourth-order valence-electron chi connectivity index (χ4n) is 1.94. The average Bonchev–Trinajstić information content (AvgIpc) is 2.85. The largest absolute Gasteiger partial charge is 0.481 e. The highest BCUT2D eigenvalue weighted by atomic mass is 32.1. The number of aromatic nitrogens is 1. The van der Waals surface area contributed by atoms with Crippen LogP contribution in [0.15, 0.2) is 5.38 Å². The van der Waals surface area contributed by atoms with Crippen molar-refractivity contribution in [1.29, 1.82) is 0 Å². The third kappa shape index (κ3) is 3.47. The third-order valence-corrected chi connectivity index (χ3v) is 4.30. The normalized spacial score (nSPS) is 20.9. The van der Waals surface area contributed by atoms with Gasteiger partial charge in [-0.2, -0.15) is 0 Å². The van der Waals surface area contributed by atoms with Crippen molar-refractivity contribution in [3.63, 3.8) is 0 Å². The van der Waals surface area contributed by atoms with Crippen molar-refractivity contribution in [2.24, 2.45) is 0 Å². The fourth-order valence-corrected chi connectivity index (χ4v) is 2.83. The number of nitrogens with one attached hydrogen (secondary N) is 1. The predicted octanol–water partition coefficient (Wildman–Crippen LogP) is 1.25. The van der Waals surface area contributed by atoms with Crippen molar-refractivity contribution < 1.29 is 14.6 Å². The number of aliphatic carboxylic acids is 1. The molecule has 1 saturated heterocycles. The van der Waals surface area contributed by atoms with E-state index in [9.17, 15) is 9.90 Å². The third-order valence-electron chi connectivity index (χ3n) is 3.50. The molecule has 1 aromatic rings. The number of ether oxygens (including phenoxy) is 1. The first-order chi connectivity index (χ1) is 9.39. The zero-order valence-electron chi connectivity index (χ0n) is 12.0. The average molecular weight is 299 g/mol. The molecular weight excluding hydrogens is 278 g/mol. The molecule has 1 aliphatic heterocycles. The Labute approximate surface area is 122 Å². The molecule has 2 rings (SSSR count). The van der Waals surface area contributed by atoms with E-state index in [4.69, 9.17) is 4.74 Å². The molecule has 0 amide bonds. The molecule has 2 heterocycles. The van der Waals surface area contributed by atoms with Gasteiger partial charge in [0, 0.05) is 25.0 Å². The number of carboxylic acids is 1. The molecule has 6 nitrogen and oxygen atoms in total. The van der Waals surface area contributed by atoms with E-state index in [1.807, 2.05) is 0 Å². The molecule has 1 aliphatic rings. The second-order valence-corrected chi connectivity index (χ2v) is 6.46. The number of rotatable bonds is 5. The van der Waals surface area contributed by atoms with Crippen molar-refractivity contribution in [2.75, 3.05) is 38.6 Å². The lowest BCUT2D eigenvalue weighted by molar-refractivity contribution is -0.142. The van der Waals surface area contributed by atoms with Gasteiger partial charge in [0.25, 0.3) is 0 Å². The second kappa shape index (κ2) is 6.07. The van der Waals surface area contributed by atoms with E-state index >= 15 is 0 Å². The number of hydrogen-bond donors (Lipinski definition) is 2. The van der Waals surface area contributed by atoms with Crippen LogP contribution in [-0.4, -0.2) is 60.4 Å². The Kier molecular flexibility index (Phi) is 4.62.